The Kier molecular flexibility index (Phi) is 10.6. The molecule has 2 unspecified atom stereocenters. The molecule has 29 heavy (non-hydrogen) atoms. The standard InChI is InChI=1S/C22H38ClN5O/c1-5-24-22(26-16-19(4)29-21-9-7-20(23)8-10-21)25-15-18(3)17-28-13-11-27(6-2)12-14-28/h7-10,18-19H,5-6,11-17H2,1-4H3,(H2,24,25,26). The third-order valence-electron chi connectivity index (χ3n) is 5.10. The fourth-order valence-electron chi connectivity index (χ4n) is 3.40. The van der Waals surface area contributed by atoms with E-state index in [0.717, 1.165) is 37.9 Å². The Balaban J connectivity index is 1.74. The Morgan fingerprint density at radius 3 is 2.34 bits per heavy atom. The lowest BCUT2D eigenvalue weighted by atomic mass is 10.1. The summed E-state index contributed by atoms with van der Waals surface area (Å²) in [6, 6.07) is 7.46. The summed E-state index contributed by atoms with van der Waals surface area (Å²) < 4.78 is 5.93. The van der Waals surface area contributed by atoms with Gasteiger partial charge < -0.3 is 25.2 Å². The van der Waals surface area contributed by atoms with Crippen molar-refractivity contribution in [3.05, 3.63) is 29.3 Å². The van der Waals surface area contributed by atoms with Crippen LogP contribution in [-0.2, 0) is 0 Å². The largest absolute Gasteiger partial charge is 0.489 e. The minimum atomic E-state index is 0.0207. The van der Waals surface area contributed by atoms with Crippen LogP contribution in [0.5, 0.6) is 5.75 Å². The monoisotopic (exact) mass is 423 g/mol. The second-order valence-corrected chi connectivity index (χ2v) is 8.26. The van der Waals surface area contributed by atoms with Gasteiger partial charge in [0.1, 0.15) is 11.9 Å². The summed E-state index contributed by atoms with van der Waals surface area (Å²) in [7, 11) is 0. The Morgan fingerprint density at radius 2 is 1.72 bits per heavy atom. The van der Waals surface area contributed by atoms with Crippen LogP contribution in [0.3, 0.4) is 0 Å². The quantitative estimate of drug-likeness (QED) is 0.447. The zero-order valence-electron chi connectivity index (χ0n) is 18.5. The molecule has 1 aromatic rings. The summed E-state index contributed by atoms with van der Waals surface area (Å²) in [5.74, 6) is 2.20. The number of rotatable bonds is 10. The van der Waals surface area contributed by atoms with Crippen LogP contribution in [0.15, 0.2) is 29.3 Å². The number of guanidine groups is 1. The number of benzene rings is 1. The minimum Gasteiger partial charge on any atom is -0.489 e. The van der Waals surface area contributed by atoms with Gasteiger partial charge >= 0.3 is 0 Å². The average molecular weight is 424 g/mol. The van der Waals surface area contributed by atoms with Crippen molar-refractivity contribution in [2.75, 3.05) is 58.9 Å². The maximum atomic E-state index is 5.93. The fraction of sp³-hybridized carbons (Fsp3) is 0.682. The molecular formula is C22H38ClN5O. The third kappa shape index (κ3) is 9.24. The van der Waals surface area contributed by atoms with E-state index in [2.05, 4.69) is 41.2 Å². The van der Waals surface area contributed by atoms with Crippen molar-refractivity contribution < 1.29 is 4.74 Å². The lowest BCUT2D eigenvalue weighted by molar-refractivity contribution is 0.125. The number of piperazine rings is 1. The van der Waals surface area contributed by atoms with Crippen molar-refractivity contribution in [3.63, 3.8) is 0 Å². The highest BCUT2D eigenvalue weighted by Crippen LogP contribution is 2.16. The first-order valence-corrected chi connectivity index (χ1v) is 11.3. The van der Waals surface area contributed by atoms with Crippen LogP contribution in [0.25, 0.3) is 0 Å². The topological polar surface area (TPSA) is 52.1 Å². The first-order valence-electron chi connectivity index (χ1n) is 10.9. The van der Waals surface area contributed by atoms with E-state index in [9.17, 15) is 0 Å². The molecule has 0 aliphatic carbocycles. The lowest BCUT2D eigenvalue weighted by Gasteiger charge is -2.35. The van der Waals surface area contributed by atoms with Crippen LogP contribution in [0.2, 0.25) is 5.02 Å². The molecule has 6 nitrogen and oxygen atoms in total. The normalized spacial score (nSPS) is 18.3. The molecule has 0 aromatic heterocycles. The van der Waals surface area contributed by atoms with Gasteiger partial charge in [0.2, 0.25) is 0 Å². The van der Waals surface area contributed by atoms with Crippen LogP contribution in [0.1, 0.15) is 27.7 Å². The SMILES string of the molecule is CCNC(=NCC(C)CN1CCN(CC)CC1)NCC(C)Oc1ccc(Cl)cc1. The molecular weight excluding hydrogens is 386 g/mol. The van der Waals surface area contributed by atoms with Crippen LogP contribution in [-0.4, -0.2) is 80.8 Å². The first-order chi connectivity index (χ1) is 14.0. The van der Waals surface area contributed by atoms with Crippen molar-refractivity contribution in [2.45, 2.75) is 33.8 Å². The highest BCUT2D eigenvalue weighted by molar-refractivity contribution is 6.30. The molecule has 0 bridgehead atoms. The van der Waals surface area contributed by atoms with Gasteiger partial charge in [0, 0.05) is 50.8 Å². The minimum absolute atomic E-state index is 0.0207. The molecule has 0 amide bonds. The molecule has 2 rings (SSSR count). The van der Waals surface area contributed by atoms with Gasteiger partial charge in [-0.05, 0) is 50.6 Å². The molecule has 164 valence electrons. The molecule has 0 radical (unpaired) electrons. The number of likely N-dealkylation sites (N-methyl/N-ethyl adjacent to an activating group) is 1. The van der Waals surface area contributed by atoms with E-state index < -0.39 is 0 Å². The molecule has 1 aliphatic rings. The number of halogens is 1. The van der Waals surface area contributed by atoms with E-state index in [4.69, 9.17) is 21.3 Å². The molecule has 2 atom stereocenters. The predicted octanol–water partition coefficient (Wildman–Crippen LogP) is 2.94. The Hall–Kier alpha value is -1.50. The van der Waals surface area contributed by atoms with E-state index in [1.165, 1.54) is 26.2 Å². The zero-order chi connectivity index (χ0) is 21.1. The molecule has 1 saturated heterocycles. The zero-order valence-corrected chi connectivity index (χ0v) is 19.2. The average Bonchev–Trinajstić information content (AvgIpc) is 2.72. The lowest BCUT2D eigenvalue weighted by Crippen LogP contribution is -2.47. The summed E-state index contributed by atoms with van der Waals surface area (Å²) in [6.07, 6.45) is 0.0207. The number of hydrogen-bond acceptors (Lipinski definition) is 4. The van der Waals surface area contributed by atoms with E-state index >= 15 is 0 Å². The van der Waals surface area contributed by atoms with Crippen LogP contribution in [0.4, 0.5) is 0 Å². The van der Waals surface area contributed by atoms with Crippen molar-refractivity contribution in [3.8, 4) is 5.75 Å². The summed E-state index contributed by atoms with van der Waals surface area (Å²) >= 11 is 5.92. The molecule has 7 heteroatoms. The molecule has 1 aliphatic heterocycles. The van der Waals surface area contributed by atoms with Crippen LogP contribution in [0, 0.1) is 5.92 Å². The number of aliphatic imine (C=N–C) groups is 1. The summed E-state index contributed by atoms with van der Waals surface area (Å²) in [5.41, 5.74) is 0. The van der Waals surface area contributed by atoms with Crippen molar-refractivity contribution in [1.29, 1.82) is 0 Å². The summed E-state index contributed by atoms with van der Waals surface area (Å²) in [5, 5.41) is 7.43. The summed E-state index contributed by atoms with van der Waals surface area (Å²) in [6.45, 7) is 18.0. The maximum Gasteiger partial charge on any atom is 0.191 e. The van der Waals surface area contributed by atoms with E-state index in [1.54, 1.807) is 0 Å². The van der Waals surface area contributed by atoms with Crippen molar-refractivity contribution in [1.82, 2.24) is 20.4 Å². The molecule has 2 N–H and O–H groups in total. The Labute approximate surface area is 181 Å². The van der Waals surface area contributed by atoms with E-state index in [1.807, 2.05) is 31.2 Å². The highest BCUT2D eigenvalue weighted by Gasteiger charge is 2.17. The van der Waals surface area contributed by atoms with Gasteiger partial charge in [-0.25, -0.2) is 0 Å². The number of nitrogens with one attached hydrogen (secondary N) is 2. The van der Waals surface area contributed by atoms with Crippen molar-refractivity contribution >= 4 is 17.6 Å². The van der Waals surface area contributed by atoms with E-state index in [-0.39, 0.29) is 6.10 Å². The number of ether oxygens (including phenoxy) is 1. The van der Waals surface area contributed by atoms with Gasteiger partial charge in [0.15, 0.2) is 5.96 Å². The van der Waals surface area contributed by atoms with Gasteiger partial charge in [0.25, 0.3) is 0 Å². The van der Waals surface area contributed by atoms with Gasteiger partial charge in [-0.3, -0.25) is 4.99 Å². The van der Waals surface area contributed by atoms with Gasteiger partial charge in [-0.1, -0.05) is 25.4 Å². The fourth-order valence-corrected chi connectivity index (χ4v) is 3.53. The molecule has 1 heterocycles. The van der Waals surface area contributed by atoms with E-state index in [0.29, 0.717) is 17.5 Å². The second-order valence-electron chi connectivity index (χ2n) is 7.82. The van der Waals surface area contributed by atoms with Gasteiger partial charge in [-0.2, -0.15) is 0 Å². The molecule has 1 aromatic carbocycles. The third-order valence-corrected chi connectivity index (χ3v) is 5.35. The van der Waals surface area contributed by atoms with Gasteiger partial charge in [0.05, 0.1) is 6.54 Å². The molecule has 0 spiro atoms. The number of hydrogen-bond donors (Lipinski definition) is 2. The Bertz CT molecular complexity index is 602. The highest BCUT2D eigenvalue weighted by atomic mass is 35.5. The van der Waals surface area contributed by atoms with Crippen LogP contribution < -0.4 is 15.4 Å². The number of nitrogens with zero attached hydrogens (tertiary/aromatic N) is 3. The second kappa shape index (κ2) is 12.9. The van der Waals surface area contributed by atoms with Gasteiger partial charge in [-0.15, -0.1) is 0 Å². The molecule has 1 fully saturated rings. The maximum absolute atomic E-state index is 5.93. The smallest absolute Gasteiger partial charge is 0.191 e. The Morgan fingerprint density at radius 1 is 1.07 bits per heavy atom. The summed E-state index contributed by atoms with van der Waals surface area (Å²) in [4.78, 5) is 9.86. The predicted molar refractivity (Wildman–Crippen MR) is 123 cm³/mol. The van der Waals surface area contributed by atoms with Crippen LogP contribution >= 0.6 is 11.6 Å². The van der Waals surface area contributed by atoms with Crippen molar-refractivity contribution in [2.24, 2.45) is 10.9 Å². The first kappa shape index (κ1) is 23.8. The molecule has 0 saturated carbocycles.